The van der Waals surface area contributed by atoms with Gasteiger partial charge in [-0.25, -0.2) is 4.79 Å². The van der Waals surface area contributed by atoms with Crippen LogP contribution in [0.15, 0.2) is 24.8 Å². The standard InChI is InChI=1S/C28H45N5O5/c1-9-11-19(22(34)25(36)29-13-10-2)31-24(35)21-20-17(5)18(20)15-33(21)26(37)23(28(6,7)8)32-27(38)30-14-12-16(3)4/h10,16,18-21,23H,2,5,9,11-15H2,1,3-4,6-8H3,(H,29,36)(H,31,35)(H2,30,32,38)/t18-,19?,20+,21+,23-/m1/s1. The lowest BCUT2D eigenvalue weighted by atomic mass is 9.85. The second-order valence-corrected chi connectivity index (χ2v) is 11.7. The number of carbonyl (C=O) groups is 5. The molecule has 0 aromatic rings. The summed E-state index contributed by atoms with van der Waals surface area (Å²) < 4.78 is 0. The Labute approximate surface area is 226 Å². The molecule has 2 aliphatic rings. The summed E-state index contributed by atoms with van der Waals surface area (Å²) in [6, 6.07) is -3.18. The zero-order valence-electron chi connectivity index (χ0n) is 23.7. The molecule has 0 aromatic heterocycles. The number of Topliss-reactive ketones (excluding diaryl/α,β-unsaturated/α-hetero) is 1. The second kappa shape index (κ2) is 13.1. The number of amides is 5. The molecule has 10 nitrogen and oxygen atoms in total. The molecule has 0 radical (unpaired) electrons. The fourth-order valence-electron chi connectivity index (χ4n) is 4.80. The van der Waals surface area contributed by atoms with Gasteiger partial charge in [0, 0.05) is 31.5 Å². The summed E-state index contributed by atoms with van der Waals surface area (Å²) in [6.07, 6.45) is 3.12. The number of likely N-dealkylation sites (tertiary alicyclic amines) is 1. The van der Waals surface area contributed by atoms with Crippen LogP contribution < -0.4 is 21.3 Å². The third-order valence-corrected chi connectivity index (χ3v) is 7.09. The van der Waals surface area contributed by atoms with E-state index in [0.29, 0.717) is 25.4 Å². The average Bonchev–Trinajstić information content (AvgIpc) is 3.26. The van der Waals surface area contributed by atoms with Gasteiger partial charge in [0.25, 0.3) is 5.91 Å². The van der Waals surface area contributed by atoms with Gasteiger partial charge in [-0.2, -0.15) is 0 Å². The number of rotatable bonds is 13. The summed E-state index contributed by atoms with van der Waals surface area (Å²) >= 11 is 0. The van der Waals surface area contributed by atoms with Crippen LogP contribution in [0.2, 0.25) is 0 Å². The van der Waals surface area contributed by atoms with Crippen molar-refractivity contribution in [3.63, 3.8) is 0 Å². The zero-order valence-corrected chi connectivity index (χ0v) is 23.7. The van der Waals surface area contributed by atoms with Gasteiger partial charge in [0.2, 0.25) is 17.6 Å². The summed E-state index contributed by atoms with van der Waals surface area (Å²) in [4.78, 5) is 66.4. The first kappa shape index (κ1) is 31.1. The summed E-state index contributed by atoms with van der Waals surface area (Å²) in [5.74, 6) is -2.19. The fraction of sp³-hybridized carbons (Fsp3) is 0.679. The Bertz CT molecular complexity index is 954. The van der Waals surface area contributed by atoms with E-state index >= 15 is 0 Å². The lowest BCUT2D eigenvalue weighted by molar-refractivity contribution is -0.144. The molecule has 1 aliphatic heterocycles. The van der Waals surface area contributed by atoms with E-state index in [4.69, 9.17) is 0 Å². The molecule has 5 atom stereocenters. The first-order valence-electron chi connectivity index (χ1n) is 13.5. The van der Waals surface area contributed by atoms with E-state index in [2.05, 4.69) is 48.3 Å². The van der Waals surface area contributed by atoms with Crippen molar-refractivity contribution < 1.29 is 24.0 Å². The number of urea groups is 1. The summed E-state index contributed by atoms with van der Waals surface area (Å²) in [7, 11) is 0. The maximum Gasteiger partial charge on any atom is 0.315 e. The van der Waals surface area contributed by atoms with Crippen molar-refractivity contribution >= 4 is 29.5 Å². The highest BCUT2D eigenvalue weighted by Crippen LogP contribution is 2.54. The Kier molecular flexibility index (Phi) is 10.7. The monoisotopic (exact) mass is 531 g/mol. The number of piperidine rings is 1. The minimum absolute atomic E-state index is 0.00796. The van der Waals surface area contributed by atoms with E-state index in [-0.39, 0.29) is 30.7 Å². The largest absolute Gasteiger partial charge is 0.346 e. The first-order valence-corrected chi connectivity index (χ1v) is 13.5. The van der Waals surface area contributed by atoms with Gasteiger partial charge in [0.1, 0.15) is 12.1 Å². The Morgan fingerprint density at radius 1 is 1.08 bits per heavy atom. The summed E-state index contributed by atoms with van der Waals surface area (Å²) in [5.41, 5.74) is 0.268. The third-order valence-electron chi connectivity index (χ3n) is 7.09. The van der Waals surface area contributed by atoms with Crippen LogP contribution in [0.5, 0.6) is 0 Å². The van der Waals surface area contributed by atoms with Gasteiger partial charge in [-0.1, -0.05) is 66.2 Å². The van der Waals surface area contributed by atoms with Crippen molar-refractivity contribution in [1.29, 1.82) is 0 Å². The predicted octanol–water partition coefficient (Wildman–Crippen LogP) is 1.92. The maximum atomic E-state index is 13.8. The van der Waals surface area contributed by atoms with Gasteiger partial charge in [-0.05, 0) is 24.2 Å². The molecule has 212 valence electrons. The molecule has 1 aliphatic carbocycles. The van der Waals surface area contributed by atoms with Crippen molar-refractivity contribution in [2.75, 3.05) is 19.6 Å². The van der Waals surface area contributed by atoms with E-state index in [0.717, 1.165) is 12.0 Å². The van der Waals surface area contributed by atoms with Crippen molar-refractivity contribution in [2.45, 2.75) is 78.9 Å². The molecule has 1 saturated heterocycles. The molecule has 0 aromatic carbocycles. The first-order chi connectivity index (χ1) is 17.7. The molecule has 10 heteroatoms. The van der Waals surface area contributed by atoms with Crippen LogP contribution in [0, 0.1) is 23.2 Å². The topological polar surface area (TPSA) is 137 Å². The van der Waals surface area contributed by atoms with Crippen LogP contribution in [0.25, 0.3) is 0 Å². The fourth-order valence-corrected chi connectivity index (χ4v) is 4.80. The lowest BCUT2D eigenvalue weighted by Gasteiger charge is -2.36. The highest BCUT2D eigenvalue weighted by Gasteiger charge is 2.61. The normalized spacial score (nSPS) is 21.7. The molecule has 38 heavy (non-hydrogen) atoms. The molecule has 2 rings (SSSR count). The van der Waals surface area contributed by atoms with E-state index in [1.807, 2.05) is 27.7 Å². The number of fused-ring (bicyclic) bond motifs is 1. The maximum absolute atomic E-state index is 13.8. The highest BCUT2D eigenvalue weighted by molar-refractivity contribution is 6.38. The Morgan fingerprint density at radius 2 is 1.74 bits per heavy atom. The minimum atomic E-state index is -1.01. The number of nitrogens with zero attached hydrogens (tertiary/aromatic N) is 1. The summed E-state index contributed by atoms with van der Waals surface area (Å²) in [5, 5.41) is 10.8. The van der Waals surface area contributed by atoms with Crippen molar-refractivity contribution in [2.24, 2.45) is 23.2 Å². The second-order valence-electron chi connectivity index (χ2n) is 11.7. The SMILES string of the molecule is C=CCNC(=O)C(=O)C(CCC)NC(=O)[C@@H]1[C@H]2C(=C)[C@H]2CN1C(=O)[C@@H](NC(=O)NCCC(C)C)C(C)(C)C. The van der Waals surface area contributed by atoms with Crippen LogP contribution in [-0.2, 0) is 19.2 Å². The number of ketones is 1. The Balaban J connectivity index is 2.20. The van der Waals surface area contributed by atoms with Gasteiger partial charge < -0.3 is 26.2 Å². The van der Waals surface area contributed by atoms with Crippen LogP contribution in [0.3, 0.4) is 0 Å². The predicted molar refractivity (Wildman–Crippen MR) is 146 cm³/mol. The highest BCUT2D eigenvalue weighted by atomic mass is 16.2. The zero-order chi connectivity index (χ0) is 28.8. The number of nitrogens with one attached hydrogen (secondary N) is 4. The smallest absolute Gasteiger partial charge is 0.315 e. The van der Waals surface area contributed by atoms with Gasteiger partial charge in [0.05, 0.1) is 6.04 Å². The van der Waals surface area contributed by atoms with Crippen LogP contribution in [0.1, 0.15) is 60.8 Å². The average molecular weight is 532 g/mol. The molecule has 4 N–H and O–H groups in total. The Morgan fingerprint density at radius 3 is 2.29 bits per heavy atom. The molecular weight excluding hydrogens is 486 g/mol. The third kappa shape index (κ3) is 7.68. The quantitative estimate of drug-likeness (QED) is 0.213. The van der Waals surface area contributed by atoms with Gasteiger partial charge in [-0.15, -0.1) is 6.58 Å². The molecule has 0 bridgehead atoms. The van der Waals surface area contributed by atoms with E-state index in [9.17, 15) is 24.0 Å². The van der Waals surface area contributed by atoms with E-state index in [1.165, 1.54) is 11.0 Å². The van der Waals surface area contributed by atoms with Crippen molar-refractivity contribution in [3.05, 3.63) is 24.8 Å². The van der Waals surface area contributed by atoms with Gasteiger partial charge in [0.15, 0.2) is 0 Å². The summed E-state index contributed by atoms with van der Waals surface area (Å²) in [6.45, 7) is 20.0. The van der Waals surface area contributed by atoms with Gasteiger partial charge in [-0.3, -0.25) is 19.2 Å². The molecule has 5 amide bonds. The number of hydrogen-bond donors (Lipinski definition) is 4. The van der Waals surface area contributed by atoms with Crippen LogP contribution in [0.4, 0.5) is 4.79 Å². The lowest BCUT2D eigenvalue weighted by Crippen LogP contribution is -2.61. The molecule has 0 spiro atoms. The van der Waals surface area contributed by atoms with Gasteiger partial charge >= 0.3 is 6.03 Å². The molecular formula is C28H45N5O5. The van der Waals surface area contributed by atoms with E-state index < -0.39 is 47.2 Å². The van der Waals surface area contributed by atoms with Crippen LogP contribution in [-0.4, -0.2) is 72.2 Å². The van der Waals surface area contributed by atoms with Crippen LogP contribution >= 0.6 is 0 Å². The number of carbonyl (C=O) groups excluding carboxylic acids is 5. The van der Waals surface area contributed by atoms with Crippen molar-refractivity contribution in [1.82, 2.24) is 26.2 Å². The number of hydrogen-bond acceptors (Lipinski definition) is 5. The molecule has 1 saturated carbocycles. The van der Waals surface area contributed by atoms with Crippen molar-refractivity contribution in [3.8, 4) is 0 Å². The Hall–Kier alpha value is -3.17. The molecule has 1 heterocycles. The molecule has 2 fully saturated rings. The van der Waals surface area contributed by atoms with E-state index in [1.54, 1.807) is 0 Å². The minimum Gasteiger partial charge on any atom is -0.346 e. The molecule has 1 unspecified atom stereocenters.